The van der Waals surface area contributed by atoms with E-state index in [-0.39, 0.29) is 24.1 Å². The molecule has 1 aliphatic rings. The molecule has 3 rings (SSSR count). The van der Waals surface area contributed by atoms with Crippen molar-refractivity contribution in [1.29, 1.82) is 0 Å². The minimum absolute atomic E-state index is 0.0865. The predicted molar refractivity (Wildman–Crippen MR) is 75.0 cm³/mol. The van der Waals surface area contributed by atoms with E-state index in [1.807, 2.05) is 11.8 Å². The normalized spacial score (nSPS) is 19.8. The van der Waals surface area contributed by atoms with Crippen LogP contribution in [0.25, 0.3) is 5.78 Å². The van der Waals surface area contributed by atoms with Gasteiger partial charge < -0.3 is 10.2 Å². The van der Waals surface area contributed by atoms with E-state index in [0.717, 1.165) is 4.52 Å². The van der Waals surface area contributed by atoms with Crippen LogP contribution in [0.3, 0.4) is 0 Å². The minimum atomic E-state index is -4.64. The van der Waals surface area contributed by atoms with E-state index in [2.05, 4.69) is 20.4 Å². The number of hydrogen-bond donors (Lipinski definition) is 1. The summed E-state index contributed by atoms with van der Waals surface area (Å²) in [7, 11) is 0. The Balaban J connectivity index is 2.12. The highest BCUT2D eigenvalue weighted by Crippen LogP contribution is 2.28. The van der Waals surface area contributed by atoms with Gasteiger partial charge in [-0.2, -0.15) is 22.7 Å². The first-order chi connectivity index (χ1) is 10.8. The molecule has 2 aromatic heterocycles. The quantitative estimate of drug-likeness (QED) is 0.850. The molecule has 1 unspecified atom stereocenters. The summed E-state index contributed by atoms with van der Waals surface area (Å²) < 4.78 is 39.7. The van der Waals surface area contributed by atoms with Crippen LogP contribution in [-0.2, 0) is 11.0 Å². The largest absolute Gasteiger partial charge is 0.453 e. The molecule has 0 aromatic carbocycles. The number of alkyl halides is 3. The highest BCUT2D eigenvalue weighted by Gasteiger charge is 2.37. The van der Waals surface area contributed by atoms with Crippen molar-refractivity contribution >= 4 is 17.5 Å². The van der Waals surface area contributed by atoms with E-state index in [1.54, 1.807) is 13.0 Å². The molecule has 0 spiro atoms. The molecule has 0 aliphatic carbocycles. The number of nitrogens with one attached hydrogen (secondary N) is 1. The molecular formula is C13H15F3N6O. The number of rotatable bonds is 1. The average molecular weight is 328 g/mol. The molecule has 3 heterocycles. The zero-order chi connectivity index (χ0) is 16.8. The fraction of sp³-hybridized carbons (Fsp3) is 0.538. The smallest absolute Gasteiger partial charge is 0.354 e. The predicted octanol–water partition coefficient (Wildman–Crippen LogP) is 1.17. The molecule has 1 N–H and O–H groups in total. The summed E-state index contributed by atoms with van der Waals surface area (Å²) in [6.45, 7) is 4.39. The number of anilines is 1. The van der Waals surface area contributed by atoms with Crippen LogP contribution in [0.5, 0.6) is 0 Å². The van der Waals surface area contributed by atoms with E-state index < -0.39 is 12.0 Å². The van der Waals surface area contributed by atoms with Crippen molar-refractivity contribution in [3.8, 4) is 0 Å². The molecule has 23 heavy (non-hydrogen) atoms. The topological polar surface area (TPSA) is 75.4 Å². The van der Waals surface area contributed by atoms with E-state index in [4.69, 9.17) is 0 Å². The summed E-state index contributed by atoms with van der Waals surface area (Å²) in [6, 6.07) is 1.47. The second-order valence-corrected chi connectivity index (χ2v) is 5.50. The van der Waals surface area contributed by atoms with Gasteiger partial charge >= 0.3 is 6.18 Å². The molecule has 1 saturated heterocycles. The van der Waals surface area contributed by atoms with Gasteiger partial charge in [-0.05, 0) is 13.8 Å². The van der Waals surface area contributed by atoms with Crippen molar-refractivity contribution < 1.29 is 18.0 Å². The van der Waals surface area contributed by atoms with Crippen molar-refractivity contribution in [2.75, 3.05) is 18.0 Å². The van der Waals surface area contributed by atoms with E-state index in [0.29, 0.717) is 24.6 Å². The standard InChI is InChI=1S/C13H15F3N6O/c1-7-5-10(21-4-3-17-9(23)6-8(21)2)22-12(18-7)19-11(20-22)13(14,15)16/h5,8H,3-4,6H2,1-2H3,(H,17,23). The third-order valence-corrected chi connectivity index (χ3v) is 3.66. The fourth-order valence-electron chi connectivity index (χ4n) is 2.62. The van der Waals surface area contributed by atoms with Crippen LogP contribution >= 0.6 is 0 Å². The summed E-state index contributed by atoms with van der Waals surface area (Å²) >= 11 is 0. The number of amides is 1. The Morgan fingerprint density at radius 2 is 2.09 bits per heavy atom. The maximum Gasteiger partial charge on any atom is 0.453 e. The number of nitrogens with zero attached hydrogens (tertiary/aromatic N) is 5. The maximum atomic E-state index is 12.9. The molecule has 1 fully saturated rings. The lowest BCUT2D eigenvalue weighted by molar-refractivity contribution is -0.144. The van der Waals surface area contributed by atoms with Gasteiger partial charge in [0.25, 0.3) is 11.6 Å². The van der Waals surface area contributed by atoms with Crippen LogP contribution in [0.15, 0.2) is 6.07 Å². The molecule has 2 aromatic rings. The Kier molecular flexibility index (Phi) is 3.61. The number of hydrogen-bond acceptors (Lipinski definition) is 5. The van der Waals surface area contributed by atoms with E-state index in [9.17, 15) is 18.0 Å². The highest BCUT2D eigenvalue weighted by molar-refractivity contribution is 5.77. The van der Waals surface area contributed by atoms with Crippen molar-refractivity contribution in [2.45, 2.75) is 32.5 Å². The average Bonchev–Trinajstić information content (AvgIpc) is 2.79. The zero-order valence-electron chi connectivity index (χ0n) is 12.6. The first kappa shape index (κ1) is 15.5. The molecule has 7 nitrogen and oxygen atoms in total. The molecule has 1 aliphatic heterocycles. The number of fused-ring (bicyclic) bond motifs is 1. The van der Waals surface area contributed by atoms with Gasteiger partial charge in [0.2, 0.25) is 5.91 Å². The summed E-state index contributed by atoms with van der Waals surface area (Å²) in [6.07, 6.45) is -4.38. The van der Waals surface area contributed by atoms with Crippen LogP contribution in [0, 0.1) is 6.92 Å². The first-order valence-corrected chi connectivity index (χ1v) is 7.10. The maximum absolute atomic E-state index is 12.9. The third-order valence-electron chi connectivity index (χ3n) is 3.66. The molecule has 0 bridgehead atoms. The molecule has 0 radical (unpaired) electrons. The number of aromatic nitrogens is 4. The minimum Gasteiger partial charge on any atom is -0.354 e. The van der Waals surface area contributed by atoms with Crippen LogP contribution in [0.4, 0.5) is 19.0 Å². The molecule has 124 valence electrons. The van der Waals surface area contributed by atoms with Gasteiger partial charge in [-0.1, -0.05) is 0 Å². The molecule has 0 saturated carbocycles. The molecular weight excluding hydrogens is 313 g/mol. The number of carbonyl (C=O) groups is 1. The zero-order valence-corrected chi connectivity index (χ0v) is 12.6. The Bertz CT molecular complexity index is 756. The third kappa shape index (κ3) is 2.92. The Hall–Kier alpha value is -2.39. The van der Waals surface area contributed by atoms with Crippen molar-refractivity contribution in [3.63, 3.8) is 0 Å². The van der Waals surface area contributed by atoms with Gasteiger partial charge in [-0.25, -0.2) is 4.98 Å². The van der Waals surface area contributed by atoms with Crippen LogP contribution < -0.4 is 10.2 Å². The molecule has 10 heteroatoms. The Morgan fingerprint density at radius 3 is 2.78 bits per heavy atom. The van der Waals surface area contributed by atoms with Gasteiger partial charge in [0.15, 0.2) is 0 Å². The van der Waals surface area contributed by atoms with Gasteiger partial charge in [0.1, 0.15) is 5.82 Å². The Morgan fingerprint density at radius 1 is 1.35 bits per heavy atom. The van der Waals surface area contributed by atoms with Crippen LogP contribution in [0.2, 0.25) is 0 Å². The van der Waals surface area contributed by atoms with E-state index >= 15 is 0 Å². The second-order valence-electron chi connectivity index (χ2n) is 5.50. The lowest BCUT2D eigenvalue weighted by atomic mass is 10.2. The van der Waals surface area contributed by atoms with Gasteiger partial charge in [-0.15, -0.1) is 5.10 Å². The van der Waals surface area contributed by atoms with Crippen molar-refractivity contribution in [1.82, 2.24) is 24.9 Å². The summed E-state index contributed by atoms with van der Waals surface area (Å²) in [5, 5.41) is 6.30. The van der Waals surface area contributed by atoms with Gasteiger partial charge in [0, 0.05) is 37.3 Å². The molecule has 1 atom stereocenters. The Labute approximate surface area is 129 Å². The van der Waals surface area contributed by atoms with Crippen molar-refractivity contribution in [2.24, 2.45) is 0 Å². The number of carbonyl (C=O) groups excluding carboxylic acids is 1. The van der Waals surface area contributed by atoms with Crippen LogP contribution in [0.1, 0.15) is 24.9 Å². The second kappa shape index (κ2) is 5.36. The molecule has 1 amide bonds. The fourth-order valence-corrected chi connectivity index (χ4v) is 2.62. The number of halogens is 3. The monoisotopic (exact) mass is 328 g/mol. The summed E-state index contributed by atoms with van der Waals surface area (Å²) in [5.74, 6) is -0.979. The number of aryl methyl sites for hydroxylation is 1. The summed E-state index contributed by atoms with van der Waals surface area (Å²) in [4.78, 5) is 20.9. The lowest BCUT2D eigenvalue weighted by Gasteiger charge is -2.28. The first-order valence-electron chi connectivity index (χ1n) is 7.10. The van der Waals surface area contributed by atoms with Crippen molar-refractivity contribution in [3.05, 3.63) is 17.6 Å². The SMILES string of the molecule is Cc1cc(N2CCNC(=O)CC2C)n2nc(C(F)(F)F)nc2n1. The van der Waals surface area contributed by atoms with E-state index in [1.165, 1.54) is 0 Å². The lowest BCUT2D eigenvalue weighted by Crippen LogP contribution is -2.36. The van der Waals surface area contributed by atoms with Gasteiger partial charge in [-0.3, -0.25) is 4.79 Å². The van der Waals surface area contributed by atoms with Crippen LogP contribution in [-0.4, -0.2) is 44.6 Å². The van der Waals surface area contributed by atoms with Gasteiger partial charge in [0.05, 0.1) is 0 Å². The summed E-state index contributed by atoms with van der Waals surface area (Å²) in [5.41, 5.74) is 0.532. The highest BCUT2D eigenvalue weighted by atomic mass is 19.4.